The van der Waals surface area contributed by atoms with Crippen molar-refractivity contribution in [1.29, 1.82) is 0 Å². The largest absolute Gasteiger partial charge is 0.356 e. The summed E-state index contributed by atoms with van der Waals surface area (Å²) in [5.41, 5.74) is 0.491. The maximum atomic E-state index is 12.9. The van der Waals surface area contributed by atoms with Gasteiger partial charge in [-0.15, -0.1) is 0 Å². The van der Waals surface area contributed by atoms with Crippen LogP contribution >= 0.6 is 0 Å². The van der Waals surface area contributed by atoms with Gasteiger partial charge < -0.3 is 10.2 Å². The molecule has 0 atom stereocenters. The summed E-state index contributed by atoms with van der Waals surface area (Å²) >= 11 is 0. The molecule has 2 amide bonds. The number of hydrogen-bond acceptors (Lipinski definition) is 4. The third kappa shape index (κ3) is 5.42. The van der Waals surface area contributed by atoms with Gasteiger partial charge in [0.05, 0.1) is 6.54 Å². The lowest BCUT2D eigenvalue weighted by Gasteiger charge is -2.34. The molecule has 6 nitrogen and oxygen atoms in total. The number of nitrogens with zero attached hydrogens (tertiary/aromatic N) is 2. The smallest absolute Gasteiger partial charge is 0.224 e. The third-order valence-corrected chi connectivity index (χ3v) is 3.97. The molecule has 7 heteroatoms. The molecule has 130 valence electrons. The van der Waals surface area contributed by atoms with Gasteiger partial charge in [-0.25, -0.2) is 4.39 Å². The summed E-state index contributed by atoms with van der Waals surface area (Å²) in [6.45, 7) is 4.40. The van der Waals surface area contributed by atoms with E-state index in [2.05, 4.69) is 5.32 Å². The number of amides is 2. The van der Waals surface area contributed by atoms with Crippen LogP contribution in [0.25, 0.3) is 0 Å². The van der Waals surface area contributed by atoms with Crippen LogP contribution < -0.4 is 5.32 Å². The van der Waals surface area contributed by atoms with E-state index in [-0.39, 0.29) is 36.4 Å². The van der Waals surface area contributed by atoms with Gasteiger partial charge in [-0.3, -0.25) is 19.3 Å². The molecule has 1 saturated heterocycles. The first-order valence-corrected chi connectivity index (χ1v) is 7.99. The van der Waals surface area contributed by atoms with E-state index in [1.807, 2.05) is 4.90 Å². The summed E-state index contributed by atoms with van der Waals surface area (Å²) in [6.07, 6.45) is 0.286. The summed E-state index contributed by atoms with van der Waals surface area (Å²) in [5.74, 6) is -0.557. The molecule has 24 heavy (non-hydrogen) atoms. The van der Waals surface area contributed by atoms with E-state index < -0.39 is 0 Å². The van der Waals surface area contributed by atoms with Crippen molar-refractivity contribution in [3.63, 3.8) is 0 Å². The van der Waals surface area contributed by atoms with E-state index in [0.717, 1.165) is 0 Å². The van der Waals surface area contributed by atoms with Crippen LogP contribution in [0.1, 0.15) is 23.7 Å². The van der Waals surface area contributed by atoms with Gasteiger partial charge in [-0.2, -0.15) is 0 Å². The van der Waals surface area contributed by atoms with Crippen LogP contribution in [0.15, 0.2) is 24.3 Å². The van der Waals surface area contributed by atoms with E-state index in [1.54, 1.807) is 4.90 Å². The highest BCUT2D eigenvalue weighted by atomic mass is 19.1. The third-order valence-electron chi connectivity index (χ3n) is 3.97. The highest BCUT2D eigenvalue weighted by molar-refractivity contribution is 5.97. The zero-order chi connectivity index (χ0) is 17.5. The molecule has 2 rings (SSSR count). The first-order valence-electron chi connectivity index (χ1n) is 7.99. The van der Waals surface area contributed by atoms with Crippen LogP contribution in [0.2, 0.25) is 0 Å². The van der Waals surface area contributed by atoms with E-state index in [4.69, 9.17) is 0 Å². The van der Waals surface area contributed by atoms with Gasteiger partial charge in [0.1, 0.15) is 5.82 Å². The number of rotatable bonds is 6. The van der Waals surface area contributed by atoms with Gasteiger partial charge >= 0.3 is 0 Å². The predicted molar refractivity (Wildman–Crippen MR) is 87.1 cm³/mol. The van der Waals surface area contributed by atoms with Crippen molar-refractivity contribution in [2.24, 2.45) is 0 Å². The Labute approximate surface area is 140 Å². The van der Waals surface area contributed by atoms with Crippen LogP contribution in [0.3, 0.4) is 0 Å². The number of halogens is 1. The van der Waals surface area contributed by atoms with Crippen molar-refractivity contribution in [2.75, 3.05) is 39.3 Å². The molecule has 1 aliphatic heterocycles. The molecule has 1 aromatic carbocycles. The molecule has 1 aromatic rings. The quantitative estimate of drug-likeness (QED) is 0.776. The van der Waals surface area contributed by atoms with E-state index in [9.17, 15) is 18.8 Å². The Hall–Kier alpha value is -2.28. The van der Waals surface area contributed by atoms with E-state index >= 15 is 0 Å². The normalized spacial score (nSPS) is 15.2. The standard InChI is InChI=1S/C17H22FN3O3/c1-13(22)19-7-6-17(24)21-10-8-20(9-11-21)12-16(23)14-2-4-15(18)5-3-14/h2-5H,6-12H2,1H3,(H,19,22). The molecule has 0 bridgehead atoms. The average molecular weight is 335 g/mol. The Morgan fingerprint density at radius 2 is 1.71 bits per heavy atom. The molecule has 0 radical (unpaired) electrons. The minimum absolute atomic E-state index is 0.00765. The van der Waals surface area contributed by atoms with Crippen LogP contribution in [-0.2, 0) is 9.59 Å². The maximum Gasteiger partial charge on any atom is 0.224 e. The van der Waals surface area contributed by atoms with Crippen molar-refractivity contribution in [2.45, 2.75) is 13.3 Å². The second-order valence-electron chi connectivity index (χ2n) is 5.82. The van der Waals surface area contributed by atoms with E-state index in [1.165, 1.54) is 31.2 Å². The van der Waals surface area contributed by atoms with Crippen molar-refractivity contribution in [3.05, 3.63) is 35.6 Å². The van der Waals surface area contributed by atoms with E-state index in [0.29, 0.717) is 38.3 Å². The van der Waals surface area contributed by atoms with Crippen molar-refractivity contribution in [1.82, 2.24) is 15.1 Å². The molecule has 1 aliphatic rings. The zero-order valence-corrected chi connectivity index (χ0v) is 13.8. The minimum atomic E-state index is -0.363. The van der Waals surface area contributed by atoms with Crippen LogP contribution in [0.4, 0.5) is 4.39 Å². The van der Waals surface area contributed by atoms with Crippen molar-refractivity contribution < 1.29 is 18.8 Å². The number of benzene rings is 1. The number of carbonyl (C=O) groups is 3. The van der Waals surface area contributed by atoms with Gasteiger partial charge in [0, 0.05) is 51.6 Å². The lowest BCUT2D eigenvalue weighted by Crippen LogP contribution is -2.50. The second kappa shape index (κ2) is 8.54. The zero-order valence-electron chi connectivity index (χ0n) is 13.8. The number of nitrogens with one attached hydrogen (secondary N) is 1. The molecule has 0 aromatic heterocycles. The molecular weight excluding hydrogens is 313 g/mol. The van der Waals surface area contributed by atoms with Crippen LogP contribution in [0.5, 0.6) is 0 Å². The molecular formula is C17H22FN3O3. The SMILES string of the molecule is CC(=O)NCCC(=O)N1CCN(CC(=O)c2ccc(F)cc2)CC1. The van der Waals surface area contributed by atoms with Gasteiger partial charge in [0.2, 0.25) is 11.8 Å². The first-order chi connectivity index (χ1) is 11.5. The number of ketones is 1. The van der Waals surface area contributed by atoms with Crippen molar-refractivity contribution >= 4 is 17.6 Å². The lowest BCUT2D eigenvalue weighted by molar-refractivity contribution is -0.132. The molecule has 1 fully saturated rings. The molecule has 0 saturated carbocycles. The Kier molecular flexibility index (Phi) is 6.43. The average Bonchev–Trinajstić information content (AvgIpc) is 2.55. The Morgan fingerprint density at radius 3 is 2.29 bits per heavy atom. The summed E-state index contributed by atoms with van der Waals surface area (Å²) in [6, 6.07) is 5.52. The number of Topliss-reactive ketones (excluding diaryl/α,β-unsaturated/α-hetero) is 1. The molecule has 1 heterocycles. The highest BCUT2D eigenvalue weighted by Gasteiger charge is 2.22. The predicted octanol–water partition coefficient (Wildman–Crippen LogP) is 0.679. The molecule has 1 N–H and O–H groups in total. The Balaban J connectivity index is 1.74. The monoisotopic (exact) mass is 335 g/mol. The number of carbonyl (C=O) groups excluding carboxylic acids is 3. The highest BCUT2D eigenvalue weighted by Crippen LogP contribution is 2.08. The summed E-state index contributed by atoms with van der Waals surface area (Å²) in [5, 5.41) is 2.60. The Bertz CT molecular complexity index is 596. The van der Waals surface area contributed by atoms with Gasteiger partial charge in [0.15, 0.2) is 5.78 Å². The number of piperazine rings is 1. The molecule has 0 unspecified atom stereocenters. The number of hydrogen-bond donors (Lipinski definition) is 1. The summed E-state index contributed by atoms with van der Waals surface area (Å²) in [4.78, 5) is 38.7. The minimum Gasteiger partial charge on any atom is -0.356 e. The maximum absolute atomic E-state index is 12.9. The first kappa shape index (κ1) is 18.1. The topological polar surface area (TPSA) is 69.7 Å². The lowest BCUT2D eigenvalue weighted by atomic mass is 10.1. The fourth-order valence-electron chi connectivity index (χ4n) is 2.59. The fraction of sp³-hybridized carbons (Fsp3) is 0.471. The van der Waals surface area contributed by atoms with Gasteiger partial charge in [-0.1, -0.05) is 0 Å². The fourth-order valence-corrected chi connectivity index (χ4v) is 2.59. The van der Waals surface area contributed by atoms with Crippen molar-refractivity contribution in [3.8, 4) is 0 Å². The second-order valence-corrected chi connectivity index (χ2v) is 5.82. The van der Waals surface area contributed by atoms with Gasteiger partial charge in [-0.05, 0) is 24.3 Å². The van der Waals surface area contributed by atoms with Crippen LogP contribution in [-0.4, -0.2) is 66.7 Å². The molecule has 0 spiro atoms. The van der Waals surface area contributed by atoms with Gasteiger partial charge in [0.25, 0.3) is 0 Å². The van der Waals surface area contributed by atoms with Crippen LogP contribution in [0, 0.1) is 5.82 Å². The molecule has 0 aliphatic carbocycles. The summed E-state index contributed by atoms with van der Waals surface area (Å²) in [7, 11) is 0. The Morgan fingerprint density at radius 1 is 1.08 bits per heavy atom. The summed E-state index contributed by atoms with van der Waals surface area (Å²) < 4.78 is 12.9.